The molecule has 1 aliphatic rings. The van der Waals surface area contributed by atoms with Crippen LogP contribution in [0.25, 0.3) is 22.5 Å². The molecule has 3 heteroatoms. The molecular weight excluding hydrogens is 320 g/mol. The molecule has 0 bridgehead atoms. The minimum absolute atomic E-state index is 0.575. The van der Waals surface area contributed by atoms with Crippen molar-refractivity contribution in [1.29, 1.82) is 0 Å². The molecular formula is C23H25N2O+. The van der Waals surface area contributed by atoms with Gasteiger partial charge in [0.15, 0.2) is 16.8 Å². The van der Waals surface area contributed by atoms with Crippen molar-refractivity contribution in [3.8, 4) is 5.69 Å². The number of nitrogens with zero attached hydrogens (tertiary/aromatic N) is 2. The maximum absolute atomic E-state index is 6.30. The van der Waals surface area contributed by atoms with Gasteiger partial charge in [-0.3, -0.25) is 0 Å². The van der Waals surface area contributed by atoms with Crippen molar-refractivity contribution >= 4 is 16.8 Å². The van der Waals surface area contributed by atoms with Crippen LogP contribution in [-0.2, 0) is 0 Å². The summed E-state index contributed by atoms with van der Waals surface area (Å²) in [6.45, 7) is 4.39. The number of imidazole rings is 1. The molecule has 1 aliphatic carbocycles. The summed E-state index contributed by atoms with van der Waals surface area (Å²) in [5, 5.41) is 0. The van der Waals surface area contributed by atoms with E-state index >= 15 is 0 Å². The molecule has 0 N–H and O–H groups in total. The smallest absolute Gasteiger partial charge is 0.339 e. The number of fused-ring (bicyclic) bond motifs is 3. The molecule has 0 spiro atoms. The summed E-state index contributed by atoms with van der Waals surface area (Å²) in [6.07, 6.45) is 6.52. The SMILES string of the molecule is Cc1ccccc1-n1c(C)c2oc3ccccc3[n+]2c1C1CCCCC1. The third-order valence-corrected chi connectivity index (χ3v) is 5.95. The van der Waals surface area contributed by atoms with E-state index in [-0.39, 0.29) is 0 Å². The fourth-order valence-corrected chi connectivity index (χ4v) is 4.66. The summed E-state index contributed by atoms with van der Waals surface area (Å²) in [5.41, 5.74) is 6.90. The minimum Gasteiger partial charge on any atom is -0.415 e. The third-order valence-electron chi connectivity index (χ3n) is 5.95. The maximum atomic E-state index is 6.30. The number of para-hydroxylation sites is 3. The van der Waals surface area contributed by atoms with E-state index in [2.05, 4.69) is 71.3 Å². The zero-order valence-electron chi connectivity index (χ0n) is 15.5. The number of aryl methyl sites for hydroxylation is 2. The molecule has 0 radical (unpaired) electrons. The van der Waals surface area contributed by atoms with Crippen LogP contribution in [-0.4, -0.2) is 4.57 Å². The Kier molecular flexibility index (Phi) is 3.63. The van der Waals surface area contributed by atoms with Gasteiger partial charge in [0.25, 0.3) is 5.82 Å². The lowest BCUT2D eigenvalue weighted by molar-refractivity contribution is -0.498. The first kappa shape index (κ1) is 15.7. The Morgan fingerprint density at radius 2 is 1.65 bits per heavy atom. The zero-order chi connectivity index (χ0) is 17.7. The Bertz CT molecular complexity index is 1100. The Balaban J connectivity index is 1.89. The quantitative estimate of drug-likeness (QED) is 0.432. The predicted molar refractivity (Wildman–Crippen MR) is 104 cm³/mol. The fraction of sp³-hybridized carbons (Fsp3) is 0.348. The van der Waals surface area contributed by atoms with Crippen molar-refractivity contribution in [2.75, 3.05) is 0 Å². The average Bonchev–Trinajstić information content (AvgIpc) is 3.18. The molecule has 0 atom stereocenters. The van der Waals surface area contributed by atoms with Crippen molar-refractivity contribution in [2.45, 2.75) is 51.9 Å². The van der Waals surface area contributed by atoms with Crippen LogP contribution in [0.3, 0.4) is 0 Å². The lowest BCUT2D eigenvalue weighted by Gasteiger charge is -2.19. The van der Waals surface area contributed by atoms with Gasteiger partial charge in [0.05, 0.1) is 5.92 Å². The van der Waals surface area contributed by atoms with Crippen LogP contribution >= 0.6 is 0 Å². The second-order valence-corrected chi connectivity index (χ2v) is 7.61. The molecule has 2 heterocycles. The highest BCUT2D eigenvalue weighted by molar-refractivity contribution is 5.71. The predicted octanol–water partition coefficient (Wildman–Crippen LogP) is 5.63. The van der Waals surface area contributed by atoms with Gasteiger partial charge < -0.3 is 4.42 Å². The van der Waals surface area contributed by atoms with Crippen molar-refractivity contribution in [1.82, 2.24) is 4.57 Å². The van der Waals surface area contributed by atoms with E-state index in [4.69, 9.17) is 4.42 Å². The lowest BCUT2D eigenvalue weighted by atomic mass is 9.88. The van der Waals surface area contributed by atoms with Crippen LogP contribution < -0.4 is 4.40 Å². The molecule has 0 aliphatic heterocycles. The van der Waals surface area contributed by atoms with Gasteiger partial charge in [0.2, 0.25) is 0 Å². The fourth-order valence-electron chi connectivity index (χ4n) is 4.66. The summed E-state index contributed by atoms with van der Waals surface area (Å²) >= 11 is 0. The highest BCUT2D eigenvalue weighted by Crippen LogP contribution is 2.35. The summed E-state index contributed by atoms with van der Waals surface area (Å²) in [6, 6.07) is 17.1. The van der Waals surface area contributed by atoms with Crippen molar-refractivity contribution in [2.24, 2.45) is 0 Å². The van der Waals surface area contributed by atoms with E-state index in [9.17, 15) is 0 Å². The van der Waals surface area contributed by atoms with E-state index in [0.29, 0.717) is 5.92 Å². The molecule has 1 fully saturated rings. The van der Waals surface area contributed by atoms with Gasteiger partial charge in [-0.2, -0.15) is 8.97 Å². The van der Waals surface area contributed by atoms with E-state index in [1.54, 1.807) is 0 Å². The van der Waals surface area contributed by atoms with Gasteiger partial charge in [-0.15, -0.1) is 0 Å². The molecule has 2 aromatic carbocycles. The standard InChI is InChI=1S/C23H25N2O/c1-16-10-6-7-13-19(16)24-17(2)23-25(20-14-8-9-15-21(20)26-23)22(24)18-11-4-3-5-12-18/h6-10,13-15,18H,3-5,11-12H2,1-2H3/q+1. The number of benzene rings is 2. The topological polar surface area (TPSA) is 22.2 Å². The first-order valence-corrected chi connectivity index (χ1v) is 9.76. The second kappa shape index (κ2) is 6.01. The molecule has 132 valence electrons. The van der Waals surface area contributed by atoms with Gasteiger partial charge >= 0.3 is 5.71 Å². The summed E-state index contributed by atoms with van der Waals surface area (Å²) in [5.74, 6) is 1.96. The van der Waals surface area contributed by atoms with Crippen molar-refractivity contribution < 1.29 is 8.82 Å². The van der Waals surface area contributed by atoms with Gasteiger partial charge in [0, 0.05) is 6.92 Å². The highest BCUT2D eigenvalue weighted by atomic mass is 16.3. The van der Waals surface area contributed by atoms with Crippen LogP contribution in [0.15, 0.2) is 52.9 Å². The molecule has 0 saturated heterocycles. The molecule has 0 unspecified atom stereocenters. The summed E-state index contributed by atoms with van der Waals surface area (Å²) < 4.78 is 11.1. The zero-order valence-corrected chi connectivity index (χ0v) is 15.5. The maximum Gasteiger partial charge on any atom is 0.339 e. The second-order valence-electron chi connectivity index (χ2n) is 7.61. The molecule has 2 aromatic heterocycles. The van der Waals surface area contributed by atoms with E-state index in [1.807, 2.05) is 0 Å². The number of aromatic nitrogens is 2. The van der Waals surface area contributed by atoms with Crippen LogP contribution in [0.1, 0.15) is 55.1 Å². The molecule has 1 saturated carbocycles. The van der Waals surface area contributed by atoms with Crippen molar-refractivity contribution in [3.63, 3.8) is 0 Å². The number of oxazole rings is 1. The van der Waals surface area contributed by atoms with E-state index in [1.165, 1.54) is 60.4 Å². The van der Waals surface area contributed by atoms with Crippen molar-refractivity contribution in [3.05, 3.63) is 65.6 Å². The highest BCUT2D eigenvalue weighted by Gasteiger charge is 2.36. The van der Waals surface area contributed by atoms with Gasteiger partial charge in [-0.1, -0.05) is 49.6 Å². The Hall–Kier alpha value is -2.55. The van der Waals surface area contributed by atoms with Crippen LogP contribution in [0.5, 0.6) is 0 Å². The van der Waals surface area contributed by atoms with Gasteiger partial charge in [0.1, 0.15) is 5.69 Å². The molecule has 26 heavy (non-hydrogen) atoms. The van der Waals surface area contributed by atoms with Crippen LogP contribution in [0.2, 0.25) is 0 Å². The minimum atomic E-state index is 0.575. The molecule has 3 nitrogen and oxygen atoms in total. The monoisotopic (exact) mass is 345 g/mol. The van der Waals surface area contributed by atoms with Crippen LogP contribution in [0.4, 0.5) is 0 Å². The van der Waals surface area contributed by atoms with E-state index < -0.39 is 0 Å². The number of rotatable bonds is 2. The Labute approximate surface area is 153 Å². The molecule has 0 amide bonds. The normalized spacial score (nSPS) is 15.9. The Morgan fingerprint density at radius 3 is 2.46 bits per heavy atom. The average molecular weight is 345 g/mol. The molecule has 4 aromatic rings. The summed E-state index contributed by atoms with van der Waals surface area (Å²) in [4.78, 5) is 0. The Morgan fingerprint density at radius 1 is 0.923 bits per heavy atom. The van der Waals surface area contributed by atoms with E-state index in [0.717, 1.165) is 11.3 Å². The van der Waals surface area contributed by atoms with Crippen LogP contribution in [0, 0.1) is 13.8 Å². The van der Waals surface area contributed by atoms with Gasteiger partial charge in [-0.25, -0.2) is 0 Å². The number of hydrogen-bond acceptors (Lipinski definition) is 1. The lowest BCUT2D eigenvalue weighted by Crippen LogP contribution is -2.29. The largest absolute Gasteiger partial charge is 0.415 e. The first-order valence-electron chi connectivity index (χ1n) is 9.76. The molecule has 5 rings (SSSR count). The summed E-state index contributed by atoms with van der Waals surface area (Å²) in [7, 11) is 0. The first-order chi connectivity index (χ1) is 12.8. The van der Waals surface area contributed by atoms with Gasteiger partial charge in [-0.05, 0) is 43.5 Å². The third kappa shape index (κ3) is 2.23. The number of hydrogen-bond donors (Lipinski definition) is 0.